The van der Waals surface area contributed by atoms with Gasteiger partial charge >= 0.3 is 0 Å². The Morgan fingerprint density at radius 2 is 1.69 bits per heavy atom. The molecular formula is C23H25ClN4O3S. The van der Waals surface area contributed by atoms with E-state index in [2.05, 4.69) is 10.3 Å². The second kappa shape index (κ2) is 9.85. The molecule has 9 heteroatoms. The number of carbonyl (C=O) groups excluding carboxylic acids is 1. The number of sulfonamides is 1. The zero-order chi connectivity index (χ0) is 22.6. The van der Waals surface area contributed by atoms with Crippen LogP contribution in [0.15, 0.2) is 67.3 Å². The Labute approximate surface area is 193 Å². The summed E-state index contributed by atoms with van der Waals surface area (Å²) in [6, 6.07) is 14.7. The van der Waals surface area contributed by atoms with E-state index in [1.165, 1.54) is 4.31 Å². The van der Waals surface area contributed by atoms with Crippen LogP contribution >= 0.6 is 11.6 Å². The number of nitrogens with one attached hydrogen (secondary N) is 1. The van der Waals surface area contributed by atoms with E-state index in [0.29, 0.717) is 43.1 Å². The fourth-order valence-electron chi connectivity index (χ4n) is 3.81. The van der Waals surface area contributed by atoms with E-state index < -0.39 is 10.0 Å². The number of nitrogens with zero attached hydrogens (tertiary/aromatic N) is 3. The summed E-state index contributed by atoms with van der Waals surface area (Å²) in [7, 11) is -3.42. The van der Waals surface area contributed by atoms with Crippen LogP contribution in [0.2, 0.25) is 5.02 Å². The Hall–Kier alpha value is -2.68. The van der Waals surface area contributed by atoms with Crippen LogP contribution in [-0.4, -0.2) is 41.3 Å². The summed E-state index contributed by atoms with van der Waals surface area (Å²) in [5.41, 5.74) is 2.71. The average Bonchev–Trinajstić information content (AvgIpc) is 3.34. The van der Waals surface area contributed by atoms with Crippen LogP contribution in [0.25, 0.3) is 5.69 Å². The summed E-state index contributed by atoms with van der Waals surface area (Å²) in [5.74, 6) is -0.267. The maximum atomic E-state index is 12.7. The van der Waals surface area contributed by atoms with Crippen molar-refractivity contribution in [2.45, 2.75) is 25.1 Å². The summed E-state index contributed by atoms with van der Waals surface area (Å²) < 4.78 is 28.9. The van der Waals surface area contributed by atoms with E-state index >= 15 is 0 Å². The maximum absolute atomic E-state index is 12.7. The van der Waals surface area contributed by atoms with Gasteiger partial charge in [-0.15, -0.1) is 0 Å². The van der Waals surface area contributed by atoms with Gasteiger partial charge in [0, 0.05) is 48.7 Å². The Balaban J connectivity index is 1.25. The lowest BCUT2D eigenvalue weighted by atomic mass is 9.97. The summed E-state index contributed by atoms with van der Waals surface area (Å²) >= 11 is 5.87. The predicted octanol–water partition coefficient (Wildman–Crippen LogP) is 3.38. The van der Waals surface area contributed by atoms with Crippen molar-refractivity contribution < 1.29 is 13.2 Å². The average molecular weight is 473 g/mol. The van der Waals surface area contributed by atoms with Gasteiger partial charge in [-0.3, -0.25) is 4.79 Å². The molecule has 1 aliphatic rings. The van der Waals surface area contributed by atoms with E-state index in [9.17, 15) is 13.2 Å². The van der Waals surface area contributed by atoms with Gasteiger partial charge in [-0.2, -0.15) is 0 Å². The van der Waals surface area contributed by atoms with Crippen molar-refractivity contribution in [2.75, 3.05) is 13.1 Å². The molecule has 32 heavy (non-hydrogen) atoms. The fourth-order valence-corrected chi connectivity index (χ4v) is 5.50. The number of hydrogen-bond donors (Lipinski definition) is 1. The van der Waals surface area contributed by atoms with Crippen molar-refractivity contribution in [3.8, 4) is 5.69 Å². The molecule has 1 N–H and O–H groups in total. The highest BCUT2D eigenvalue weighted by atomic mass is 35.5. The van der Waals surface area contributed by atoms with Crippen molar-refractivity contribution in [1.82, 2.24) is 19.2 Å². The van der Waals surface area contributed by atoms with Crippen molar-refractivity contribution >= 4 is 27.5 Å². The van der Waals surface area contributed by atoms with Crippen molar-refractivity contribution in [3.05, 3.63) is 83.4 Å². The highest BCUT2D eigenvalue weighted by molar-refractivity contribution is 7.88. The molecule has 3 aromatic rings. The maximum Gasteiger partial charge on any atom is 0.223 e. The zero-order valence-corrected chi connectivity index (χ0v) is 19.1. The first-order valence-electron chi connectivity index (χ1n) is 10.5. The van der Waals surface area contributed by atoms with E-state index in [1.807, 2.05) is 35.0 Å². The molecule has 1 aliphatic heterocycles. The number of piperidine rings is 1. The number of rotatable bonds is 7. The standard InChI is InChI=1S/C23H25ClN4O3S/c24-21-5-1-19(2-6-21)16-32(30,31)28-12-9-20(10-13-28)23(29)26-15-18-3-7-22(8-4-18)27-14-11-25-17-27/h1-8,11,14,17,20H,9-10,12-13,15-16H2,(H,26,29). The Bertz CT molecular complexity index is 1140. The summed E-state index contributed by atoms with van der Waals surface area (Å²) in [5, 5.41) is 3.56. The van der Waals surface area contributed by atoms with Crippen molar-refractivity contribution in [1.29, 1.82) is 0 Å². The summed E-state index contributed by atoms with van der Waals surface area (Å²) in [6.45, 7) is 1.15. The first kappa shape index (κ1) is 22.5. The third kappa shape index (κ3) is 5.56. The number of imidazole rings is 1. The van der Waals surface area contributed by atoms with Gasteiger partial charge in [0.2, 0.25) is 15.9 Å². The number of halogens is 1. The highest BCUT2D eigenvalue weighted by Crippen LogP contribution is 2.22. The Kier molecular flexibility index (Phi) is 6.93. The largest absolute Gasteiger partial charge is 0.352 e. The van der Waals surface area contributed by atoms with E-state index in [4.69, 9.17) is 11.6 Å². The number of benzene rings is 2. The van der Waals surface area contributed by atoms with Gasteiger partial charge in [-0.05, 0) is 48.2 Å². The van der Waals surface area contributed by atoms with Gasteiger partial charge < -0.3 is 9.88 Å². The molecule has 0 aliphatic carbocycles. The van der Waals surface area contributed by atoms with Crippen LogP contribution in [0.3, 0.4) is 0 Å². The monoisotopic (exact) mass is 472 g/mol. The predicted molar refractivity (Wildman–Crippen MR) is 124 cm³/mol. The minimum absolute atomic E-state index is 0.0292. The molecule has 0 unspecified atom stereocenters. The lowest BCUT2D eigenvalue weighted by Crippen LogP contribution is -2.43. The minimum Gasteiger partial charge on any atom is -0.352 e. The van der Waals surface area contributed by atoms with Crippen LogP contribution in [0, 0.1) is 5.92 Å². The molecule has 168 valence electrons. The first-order valence-corrected chi connectivity index (χ1v) is 12.5. The Morgan fingerprint density at radius 1 is 1.03 bits per heavy atom. The zero-order valence-electron chi connectivity index (χ0n) is 17.5. The SMILES string of the molecule is O=C(NCc1ccc(-n2ccnc2)cc1)C1CCN(S(=O)(=O)Cc2ccc(Cl)cc2)CC1. The van der Waals surface area contributed by atoms with E-state index in [-0.39, 0.29) is 17.6 Å². The molecule has 1 amide bonds. The second-order valence-corrected chi connectivity index (χ2v) is 10.3. The molecule has 1 aromatic heterocycles. The third-order valence-corrected chi connectivity index (χ3v) is 7.79. The van der Waals surface area contributed by atoms with Gasteiger partial charge in [-0.1, -0.05) is 35.9 Å². The van der Waals surface area contributed by atoms with Crippen LogP contribution in [0.5, 0.6) is 0 Å². The topological polar surface area (TPSA) is 84.3 Å². The third-order valence-electron chi connectivity index (χ3n) is 5.69. The van der Waals surface area contributed by atoms with Gasteiger partial charge in [0.15, 0.2) is 0 Å². The van der Waals surface area contributed by atoms with E-state index in [1.54, 1.807) is 36.8 Å². The lowest BCUT2D eigenvalue weighted by molar-refractivity contribution is -0.126. The van der Waals surface area contributed by atoms with Crippen LogP contribution in [-0.2, 0) is 27.1 Å². The van der Waals surface area contributed by atoms with Gasteiger partial charge in [0.05, 0.1) is 12.1 Å². The first-order chi connectivity index (χ1) is 15.4. The molecule has 0 saturated carbocycles. The van der Waals surface area contributed by atoms with Crippen molar-refractivity contribution in [2.24, 2.45) is 5.92 Å². The van der Waals surface area contributed by atoms with E-state index in [0.717, 1.165) is 11.3 Å². The second-order valence-electron chi connectivity index (χ2n) is 7.91. The molecule has 4 rings (SSSR count). The van der Waals surface area contributed by atoms with Crippen LogP contribution in [0.1, 0.15) is 24.0 Å². The fraction of sp³-hybridized carbons (Fsp3) is 0.304. The molecule has 7 nitrogen and oxygen atoms in total. The van der Waals surface area contributed by atoms with Gasteiger partial charge in [-0.25, -0.2) is 17.7 Å². The molecule has 0 atom stereocenters. The quantitative estimate of drug-likeness (QED) is 0.571. The number of aromatic nitrogens is 2. The normalized spacial score (nSPS) is 15.5. The molecule has 1 fully saturated rings. The lowest BCUT2D eigenvalue weighted by Gasteiger charge is -2.30. The summed E-state index contributed by atoms with van der Waals surface area (Å²) in [6.07, 6.45) is 6.37. The Morgan fingerprint density at radius 3 is 2.31 bits per heavy atom. The number of hydrogen-bond acceptors (Lipinski definition) is 4. The molecule has 1 saturated heterocycles. The number of carbonyl (C=O) groups is 1. The summed E-state index contributed by atoms with van der Waals surface area (Å²) in [4.78, 5) is 16.6. The molecule has 2 heterocycles. The molecule has 0 radical (unpaired) electrons. The van der Waals surface area contributed by atoms with Crippen molar-refractivity contribution in [3.63, 3.8) is 0 Å². The minimum atomic E-state index is -3.42. The van der Waals surface area contributed by atoms with Gasteiger partial charge in [0.1, 0.15) is 0 Å². The smallest absolute Gasteiger partial charge is 0.223 e. The molecule has 0 bridgehead atoms. The molecule has 2 aromatic carbocycles. The molecular weight excluding hydrogens is 448 g/mol. The number of amides is 1. The van der Waals surface area contributed by atoms with Crippen LogP contribution < -0.4 is 5.32 Å². The van der Waals surface area contributed by atoms with Crippen LogP contribution in [0.4, 0.5) is 0 Å². The molecule has 0 spiro atoms. The van der Waals surface area contributed by atoms with Gasteiger partial charge in [0.25, 0.3) is 0 Å². The highest BCUT2D eigenvalue weighted by Gasteiger charge is 2.31.